The van der Waals surface area contributed by atoms with Crippen molar-refractivity contribution >= 4 is 40.0 Å². The lowest BCUT2D eigenvalue weighted by Gasteiger charge is -2.15. The van der Waals surface area contributed by atoms with Gasteiger partial charge in [-0.15, -0.1) is 16.4 Å². The molecule has 0 aliphatic carbocycles. The molecule has 3 amide bonds. The summed E-state index contributed by atoms with van der Waals surface area (Å²) in [7, 11) is 1.61. The smallest absolute Gasteiger partial charge is 0.261 e. The second-order valence-electron chi connectivity index (χ2n) is 8.31. The number of imide groups is 1. The Morgan fingerprint density at radius 1 is 1.12 bits per heavy atom. The van der Waals surface area contributed by atoms with Crippen LogP contribution in [0.5, 0.6) is 5.75 Å². The first kappa shape index (κ1) is 21.8. The maximum atomic E-state index is 12.9. The van der Waals surface area contributed by atoms with Crippen LogP contribution in [0.15, 0.2) is 47.8 Å². The molecule has 2 aromatic heterocycles. The van der Waals surface area contributed by atoms with Crippen LogP contribution in [0.4, 0.5) is 5.95 Å². The Morgan fingerprint density at radius 3 is 2.68 bits per heavy atom. The van der Waals surface area contributed by atoms with Gasteiger partial charge in [-0.05, 0) is 36.2 Å². The Balaban J connectivity index is 1.39. The van der Waals surface area contributed by atoms with Gasteiger partial charge in [-0.1, -0.05) is 26.0 Å². The number of amides is 3. The number of hydrogen-bond acceptors (Lipinski definition) is 7. The molecule has 1 aliphatic heterocycles. The van der Waals surface area contributed by atoms with E-state index < -0.39 is 5.91 Å². The van der Waals surface area contributed by atoms with Crippen molar-refractivity contribution in [3.05, 3.63) is 64.5 Å². The summed E-state index contributed by atoms with van der Waals surface area (Å²) in [6.45, 7) is 4.20. The molecule has 0 unspecified atom stereocenters. The SMILES string of the molecule is COc1cccc(-c2csc3nc(NC(=O)c4ccc5c(c4)C(=O)N(CC(C)C)C5=O)nn23)c1. The zero-order valence-electron chi connectivity index (χ0n) is 18.7. The fourth-order valence-corrected chi connectivity index (χ4v) is 4.68. The fraction of sp³-hybridized carbons (Fsp3) is 0.208. The molecule has 9 nitrogen and oxygen atoms in total. The standard InChI is InChI=1S/C24H21N5O4S/c1-13(2)11-28-21(31)17-8-7-15(10-18(17)22(28)32)20(30)25-23-26-24-29(27-23)19(12-34-24)14-5-4-6-16(9-14)33-3/h4-10,12-13H,11H2,1-3H3,(H,25,27,30). The second-order valence-corrected chi connectivity index (χ2v) is 9.15. The monoisotopic (exact) mass is 475 g/mol. The zero-order valence-corrected chi connectivity index (χ0v) is 19.5. The van der Waals surface area contributed by atoms with Gasteiger partial charge in [-0.25, -0.2) is 4.52 Å². The number of nitrogens with one attached hydrogen (secondary N) is 1. The van der Waals surface area contributed by atoms with Crippen LogP contribution in [-0.2, 0) is 0 Å². The van der Waals surface area contributed by atoms with Gasteiger partial charge in [0.05, 0.1) is 23.9 Å². The molecule has 0 saturated carbocycles. The molecule has 0 fully saturated rings. The first-order chi connectivity index (χ1) is 16.4. The summed E-state index contributed by atoms with van der Waals surface area (Å²) in [4.78, 5) is 44.4. The Morgan fingerprint density at radius 2 is 1.91 bits per heavy atom. The van der Waals surface area contributed by atoms with Crippen LogP contribution in [0.2, 0.25) is 0 Å². The number of thiazole rings is 1. The lowest BCUT2D eigenvalue weighted by molar-refractivity contribution is 0.0636. The highest BCUT2D eigenvalue weighted by Gasteiger charge is 2.36. The van der Waals surface area contributed by atoms with E-state index in [9.17, 15) is 14.4 Å². The molecule has 0 atom stereocenters. The molecule has 172 valence electrons. The first-order valence-electron chi connectivity index (χ1n) is 10.7. The lowest BCUT2D eigenvalue weighted by Crippen LogP contribution is -2.33. The largest absolute Gasteiger partial charge is 0.497 e. The van der Waals surface area contributed by atoms with E-state index >= 15 is 0 Å². The Kier molecular flexibility index (Phi) is 5.37. The zero-order chi connectivity index (χ0) is 24.0. The van der Waals surface area contributed by atoms with Crippen LogP contribution < -0.4 is 10.1 Å². The van der Waals surface area contributed by atoms with E-state index in [1.165, 1.54) is 34.4 Å². The third kappa shape index (κ3) is 3.71. The lowest BCUT2D eigenvalue weighted by atomic mass is 10.1. The Bertz CT molecular complexity index is 1450. The molecule has 5 rings (SSSR count). The van der Waals surface area contributed by atoms with Crippen LogP contribution >= 0.6 is 11.3 Å². The minimum absolute atomic E-state index is 0.144. The van der Waals surface area contributed by atoms with E-state index in [0.29, 0.717) is 17.1 Å². The summed E-state index contributed by atoms with van der Waals surface area (Å²) in [5.41, 5.74) is 2.51. The van der Waals surface area contributed by atoms with Gasteiger partial charge in [0.2, 0.25) is 4.96 Å². The van der Waals surface area contributed by atoms with Crippen molar-refractivity contribution in [2.24, 2.45) is 5.92 Å². The van der Waals surface area contributed by atoms with Crippen LogP contribution in [0.1, 0.15) is 44.9 Å². The predicted octanol–water partition coefficient (Wildman–Crippen LogP) is 3.97. The Hall–Kier alpha value is -4.05. The number of hydrogen-bond donors (Lipinski definition) is 1. The van der Waals surface area contributed by atoms with Crippen LogP contribution in [-0.4, -0.2) is 50.9 Å². The van der Waals surface area contributed by atoms with Crippen molar-refractivity contribution in [2.45, 2.75) is 13.8 Å². The van der Waals surface area contributed by atoms with Crippen molar-refractivity contribution in [2.75, 3.05) is 19.0 Å². The minimum atomic E-state index is -0.466. The topological polar surface area (TPSA) is 106 Å². The fourth-order valence-electron chi connectivity index (χ4n) is 3.85. The molecule has 34 heavy (non-hydrogen) atoms. The number of ether oxygens (including phenoxy) is 1. The average Bonchev–Trinajstić information content (AvgIpc) is 3.47. The second kappa shape index (κ2) is 8.38. The molecule has 0 radical (unpaired) electrons. The van der Waals surface area contributed by atoms with Gasteiger partial charge in [-0.2, -0.15) is 4.98 Å². The van der Waals surface area contributed by atoms with Gasteiger partial charge in [0, 0.05) is 23.1 Å². The number of benzene rings is 2. The van der Waals surface area contributed by atoms with E-state index in [1.54, 1.807) is 11.6 Å². The van der Waals surface area contributed by atoms with Crippen molar-refractivity contribution in [3.63, 3.8) is 0 Å². The summed E-state index contributed by atoms with van der Waals surface area (Å²) in [5, 5.41) is 9.05. The number of carbonyl (C=O) groups excluding carboxylic acids is 3. The van der Waals surface area contributed by atoms with Crippen molar-refractivity contribution in [1.29, 1.82) is 0 Å². The van der Waals surface area contributed by atoms with E-state index in [0.717, 1.165) is 17.0 Å². The molecule has 1 aliphatic rings. The third-order valence-corrected chi connectivity index (χ3v) is 6.27. The highest BCUT2D eigenvalue weighted by molar-refractivity contribution is 7.15. The van der Waals surface area contributed by atoms with E-state index in [2.05, 4.69) is 15.4 Å². The maximum Gasteiger partial charge on any atom is 0.261 e. The number of rotatable bonds is 6. The van der Waals surface area contributed by atoms with E-state index in [1.807, 2.05) is 43.5 Å². The molecule has 10 heteroatoms. The molecule has 0 saturated heterocycles. The van der Waals surface area contributed by atoms with Gasteiger partial charge in [0.25, 0.3) is 23.7 Å². The molecule has 0 spiro atoms. The van der Waals surface area contributed by atoms with Gasteiger partial charge >= 0.3 is 0 Å². The molecule has 0 bridgehead atoms. The van der Waals surface area contributed by atoms with Crippen molar-refractivity contribution in [3.8, 4) is 17.0 Å². The van der Waals surface area contributed by atoms with Crippen molar-refractivity contribution in [1.82, 2.24) is 19.5 Å². The molecule has 1 N–H and O–H groups in total. The summed E-state index contributed by atoms with van der Waals surface area (Å²) >= 11 is 1.40. The summed E-state index contributed by atoms with van der Waals surface area (Å²) in [6.07, 6.45) is 0. The third-order valence-electron chi connectivity index (χ3n) is 5.45. The van der Waals surface area contributed by atoms with E-state index in [4.69, 9.17) is 4.74 Å². The molecular weight excluding hydrogens is 454 g/mol. The number of fused-ring (bicyclic) bond motifs is 2. The minimum Gasteiger partial charge on any atom is -0.497 e. The van der Waals surface area contributed by atoms with Gasteiger partial charge in [0.15, 0.2) is 0 Å². The average molecular weight is 476 g/mol. The van der Waals surface area contributed by atoms with Gasteiger partial charge in [-0.3, -0.25) is 24.6 Å². The highest BCUT2D eigenvalue weighted by atomic mass is 32.1. The molecule has 2 aromatic carbocycles. The highest BCUT2D eigenvalue weighted by Crippen LogP contribution is 2.29. The number of anilines is 1. The van der Waals surface area contributed by atoms with Crippen molar-refractivity contribution < 1.29 is 19.1 Å². The Labute approximate surface area is 199 Å². The normalized spacial score (nSPS) is 13.1. The first-order valence-corrected chi connectivity index (χ1v) is 11.5. The number of aromatic nitrogens is 3. The number of carbonyl (C=O) groups is 3. The van der Waals surface area contributed by atoms with Crippen LogP contribution in [0.3, 0.4) is 0 Å². The summed E-state index contributed by atoms with van der Waals surface area (Å²) in [5.74, 6) is -0.166. The van der Waals surface area contributed by atoms with Crippen LogP contribution in [0, 0.1) is 5.92 Å². The molecule has 4 aromatic rings. The van der Waals surface area contributed by atoms with E-state index in [-0.39, 0.29) is 34.8 Å². The number of nitrogens with zero attached hydrogens (tertiary/aromatic N) is 4. The molecular formula is C24H21N5O4S. The predicted molar refractivity (Wildman–Crippen MR) is 127 cm³/mol. The molecule has 3 heterocycles. The maximum absolute atomic E-state index is 12.9. The summed E-state index contributed by atoms with van der Waals surface area (Å²) < 4.78 is 6.95. The quantitative estimate of drug-likeness (QED) is 0.423. The van der Waals surface area contributed by atoms with Crippen LogP contribution in [0.25, 0.3) is 16.2 Å². The number of methoxy groups -OCH3 is 1. The summed E-state index contributed by atoms with van der Waals surface area (Å²) in [6, 6.07) is 12.1. The van der Waals surface area contributed by atoms with Gasteiger partial charge in [0.1, 0.15) is 5.75 Å². The van der Waals surface area contributed by atoms with Gasteiger partial charge < -0.3 is 4.74 Å².